The average Bonchev–Trinajstić information content (AvgIpc) is 2.82. The van der Waals surface area contributed by atoms with Crippen molar-refractivity contribution in [2.75, 3.05) is 19.7 Å². The molecule has 104 valence electrons. The highest BCUT2D eigenvalue weighted by Gasteiger charge is 2.45. The number of fused-ring (bicyclic) bond motifs is 1. The van der Waals surface area contributed by atoms with E-state index >= 15 is 0 Å². The number of hydrogen-bond acceptors (Lipinski definition) is 4. The first-order valence-corrected chi connectivity index (χ1v) is 6.49. The summed E-state index contributed by atoms with van der Waals surface area (Å²) in [5.74, 6) is -0.0522. The topological polar surface area (TPSA) is 55.8 Å². The smallest absolute Gasteiger partial charge is 0.410 e. The van der Waals surface area contributed by atoms with Gasteiger partial charge in [-0.1, -0.05) is 13.8 Å². The maximum absolute atomic E-state index is 11.7. The summed E-state index contributed by atoms with van der Waals surface area (Å²) in [5, 5.41) is 0. The fourth-order valence-electron chi connectivity index (χ4n) is 2.02. The van der Waals surface area contributed by atoms with Crippen LogP contribution in [-0.2, 0) is 14.3 Å². The van der Waals surface area contributed by atoms with Crippen LogP contribution in [-0.4, -0.2) is 48.2 Å². The largest absolute Gasteiger partial charge is 0.444 e. The number of carbonyl (C=O) groups is 2. The van der Waals surface area contributed by atoms with E-state index in [2.05, 4.69) is 0 Å². The van der Waals surface area contributed by atoms with Crippen LogP contribution in [0.5, 0.6) is 0 Å². The summed E-state index contributed by atoms with van der Waals surface area (Å²) in [6, 6.07) is 0. The summed E-state index contributed by atoms with van der Waals surface area (Å²) in [6.07, 6.45) is -0.488. The highest BCUT2D eigenvalue weighted by atomic mass is 16.6. The van der Waals surface area contributed by atoms with Crippen molar-refractivity contribution < 1.29 is 19.1 Å². The molecule has 0 N–H and O–H groups in total. The Morgan fingerprint density at radius 1 is 1.33 bits per heavy atom. The first-order valence-electron chi connectivity index (χ1n) is 6.49. The Labute approximate surface area is 108 Å². The molecule has 0 unspecified atom stereocenters. The minimum Gasteiger partial charge on any atom is -0.444 e. The second-order valence-electron chi connectivity index (χ2n) is 5.31. The number of hydrogen-bond donors (Lipinski definition) is 0. The lowest BCUT2D eigenvalue weighted by Gasteiger charge is -2.24. The van der Waals surface area contributed by atoms with Gasteiger partial charge < -0.3 is 14.4 Å². The van der Waals surface area contributed by atoms with Gasteiger partial charge in [-0.15, -0.1) is 0 Å². The first kappa shape index (κ1) is 15.0. The molecule has 0 aliphatic carbocycles. The van der Waals surface area contributed by atoms with E-state index in [4.69, 9.17) is 9.47 Å². The summed E-state index contributed by atoms with van der Waals surface area (Å²) >= 11 is 0. The minimum absolute atomic E-state index is 0.0936. The highest BCUT2D eigenvalue weighted by molar-refractivity contribution is 5.86. The molecule has 1 amide bonds. The standard InChI is InChI=1S/C11H17NO4.C2H6/c1-11(2,3)16-10(14)12-4-7-8(13)6-15-9(7)5-12;1-2/h7,9H,4-6H2,1-3H3;1-2H3/t7-,9-;/m1./s1. The summed E-state index contributed by atoms with van der Waals surface area (Å²) in [4.78, 5) is 24.7. The normalized spacial score (nSPS) is 26.5. The molecule has 0 aromatic rings. The zero-order valence-corrected chi connectivity index (χ0v) is 11.9. The van der Waals surface area contributed by atoms with Crippen LogP contribution >= 0.6 is 0 Å². The van der Waals surface area contributed by atoms with E-state index in [1.165, 1.54) is 0 Å². The Morgan fingerprint density at radius 2 is 1.94 bits per heavy atom. The molecule has 5 nitrogen and oxygen atoms in total. The number of amides is 1. The number of nitrogens with zero attached hydrogens (tertiary/aromatic N) is 1. The average molecular weight is 257 g/mol. The number of rotatable bonds is 0. The van der Waals surface area contributed by atoms with Crippen molar-refractivity contribution in [2.24, 2.45) is 5.92 Å². The van der Waals surface area contributed by atoms with E-state index in [0.29, 0.717) is 13.1 Å². The number of ketones is 1. The van der Waals surface area contributed by atoms with Gasteiger partial charge in [-0.3, -0.25) is 4.79 Å². The molecule has 0 aromatic carbocycles. The van der Waals surface area contributed by atoms with Gasteiger partial charge in [0.25, 0.3) is 0 Å². The van der Waals surface area contributed by atoms with Crippen LogP contribution in [0.3, 0.4) is 0 Å². The van der Waals surface area contributed by atoms with Crippen molar-refractivity contribution in [3.05, 3.63) is 0 Å². The molecule has 2 atom stereocenters. The molecule has 18 heavy (non-hydrogen) atoms. The van der Waals surface area contributed by atoms with Crippen LogP contribution in [0, 0.1) is 5.92 Å². The van der Waals surface area contributed by atoms with Gasteiger partial charge in [-0.2, -0.15) is 0 Å². The lowest BCUT2D eigenvalue weighted by Crippen LogP contribution is -2.36. The predicted molar refractivity (Wildman–Crippen MR) is 67.4 cm³/mol. The van der Waals surface area contributed by atoms with Crippen molar-refractivity contribution in [3.8, 4) is 0 Å². The molecule has 2 aliphatic rings. The number of ether oxygens (including phenoxy) is 2. The molecule has 2 saturated heterocycles. The molecule has 5 heteroatoms. The summed E-state index contributed by atoms with van der Waals surface area (Å²) in [5.41, 5.74) is -0.500. The molecule has 0 spiro atoms. The van der Waals surface area contributed by atoms with Crippen molar-refractivity contribution in [3.63, 3.8) is 0 Å². The molecular weight excluding hydrogens is 234 g/mol. The van der Waals surface area contributed by atoms with E-state index in [0.717, 1.165) is 0 Å². The van der Waals surface area contributed by atoms with Gasteiger partial charge in [0.2, 0.25) is 0 Å². The van der Waals surface area contributed by atoms with Crippen LogP contribution < -0.4 is 0 Å². The maximum atomic E-state index is 11.7. The van der Waals surface area contributed by atoms with Gasteiger partial charge in [-0.05, 0) is 20.8 Å². The van der Waals surface area contributed by atoms with Gasteiger partial charge >= 0.3 is 6.09 Å². The van der Waals surface area contributed by atoms with Crippen molar-refractivity contribution >= 4 is 11.9 Å². The molecule has 2 aliphatic heterocycles. The lowest BCUT2D eigenvalue weighted by atomic mass is 10.1. The second-order valence-corrected chi connectivity index (χ2v) is 5.31. The van der Waals surface area contributed by atoms with E-state index < -0.39 is 5.60 Å². The summed E-state index contributed by atoms with van der Waals surface area (Å²) in [6.45, 7) is 10.6. The van der Waals surface area contributed by atoms with E-state index in [-0.39, 0.29) is 30.5 Å². The Hall–Kier alpha value is -1.10. The fraction of sp³-hybridized carbons (Fsp3) is 0.846. The Bertz CT molecular complexity index is 321. The maximum Gasteiger partial charge on any atom is 0.410 e. The molecule has 2 rings (SSSR count). The fourth-order valence-corrected chi connectivity index (χ4v) is 2.02. The van der Waals surface area contributed by atoms with Crippen LogP contribution in [0.2, 0.25) is 0 Å². The van der Waals surface area contributed by atoms with E-state index in [1.54, 1.807) is 4.90 Å². The zero-order valence-electron chi connectivity index (χ0n) is 11.9. The van der Waals surface area contributed by atoms with Crippen molar-refractivity contribution in [1.82, 2.24) is 4.90 Å². The van der Waals surface area contributed by atoms with Crippen LogP contribution in [0.1, 0.15) is 34.6 Å². The third-order valence-corrected chi connectivity index (χ3v) is 2.77. The third-order valence-electron chi connectivity index (χ3n) is 2.77. The molecule has 2 fully saturated rings. The lowest BCUT2D eigenvalue weighted by molar-refractivity contribution is -0.120. The molecule has 0 aromatic heterocycles. The predicted octanol–water partition coefficient (Wildman–Crippen LogP) is 1.85. The molecule has 2 heterocycles. The van der Waals surface area contributed by atoms with Crippen molar-refractivity contribution in [1.29, 1.82) is 0 Å². The van der Waals surface area contributed by atoms with Gasteiger partial charge in [0.15, 0.2) is 5.78 Å². The van der Waals surface area contributed by atoms with Crippen LogP contribution in [0.15, 0.2) is 0 Å². The Kier molecular flexibility index (Phi) is 4.73. The zero-order chi connectivity index (χ0) is 13.9. The van der Waals surface area contributed by atoms with E-state index in [9.17, 15) is 9.59 Å². The molecular formula is C13H23NO4. The Morgan fingerprint density at radius 3 is 2.44 bits per heavy atom. The monoisotopic (exact) mass is 257 g/mol. The molecule has 0 radical (unpaired) electrons. The molecule has 0 bridgehead atoms. The minimum atomic E-state index is -0.500. The number of Topliss-reactive ketones (excluding diaryl/α,β-unsaturated/α-hetero) is 1. The quantitative estimate of drug-likeness (QED) is 0.664. The summed E-state index contributed by atoms with van der Waals surface area (Å²) < 4.78 is 10.5. The van der Waals surface area contributed by atoms with Crippen LogP contribution in [0.4, 0.5) is 4.79 Å². The SMILES string of the molecule is CC.CC(C)(C)OC(=O)N1C[C@@H]2C(=O)CO[C@@H]2C1. The van der Waals surface area contributed by atoms with Gasteiger partial charge in [0.05, 0.1) is 18.6 Å². The van der Waals surface area contributed by atoms with Gasteiger partial charge in [0.1, 0.15) is 12.2 Å². The third kappa shape index (κ3) is 3.45. The van der Waals surface area contributed by atoms with Gasteiger partial charge in [-0.25, -0.2) is 4.79 Å². The van der Waals surface area contributed by atoms with Gasteiger partial charge in [0, 0.05) is 6.54 Å². The molecule has 0 saturated carbocycles. The number of carbonyl (C=O) groups excluding carboxylic acids is 2. The van der Waals surface area contributed by atoms with Crippen molar-refractivity contribution in [2.45, 2.75) is 46.3 Å². The Balaban J connectivity index is 0.000000771. The summed E-state index contributed by atoms with van der Waals surface area (Å²) in [7, 11) is 0. The number of likely N-dealkylation sites (tertiary alicyclic amines) is 1. The highest BCUT2D eigenvalue weighted by Crippen LogP contribution is 2.27. The van der Waals surface area contributed by atoms with E-state index in [1.807, 2.05) is 34.6 Å². The van der Waals surface area contributed by atoms with Crippen LogP contribution in [0.25, 0.3) is 0 Å². The second kappa shape index (κ2) is 5.69. The first-order chi connectivity index (χ1) is 8.37.